The van der Waals surface area contributed by atoms with Crippen LogP contribution >= 0.6 is 0 Å². The van der Waals surface area contributed by atoms with Gasteiger partial charge in [-0.25, -0.2) is 4.79 Å². The first-order chi connectivity index (χ1) is 13.2. The molecular weight excluding hydrogens is 336 g/mol. The van der Waals surface area contributed by atoms with Crippen molar-refractivity contribution in [3.05, 3.63) is 76.9 Å². The maximum absolute atomic E-state index is 12.7. The van der Waals surface area contributed by atoms with Crippen LogP contribution in [-0.4, -0.2) is 23.1 Å². The fourth-order valence-electron chi connectivity index (χ4n) is 4.28. The standard InChI is InChI=1S/C23H22N2O2/c1-16-6-5-9-18(14-24)22(16)19-12-20-10-11-21(13-19)25(20)23(26)27-15-17-7-3-2-4-8-17/h2-9,12,20-21H,10-11,13,15H2,1H3. The molecule has 1 amide bonds. The molecule has 27 heavy (non-hydrogen) atoms. The van der Waals surface area contributed by atoms with Gasteiger partial charge < -0.3 is 4.74 Å². The van der Waals surface area contributed by atoms with Gasteiger partial charge >= 0.3 is 6.09 Å². The number of benzene rings is 2. The van der Waals surface area contributed by atoms with Gasteiger partial charge in [-0.15, -0.1) is 0 Å². The SMILES string of the molecule is Cc1cccc(C#N)c1C1=CC2CCC(C1)N2C(=O)OCc1ccccc1. The Hall–Kier alpha value is -3.06. The predicted molar refractivity (Wildman–Crippen MR) is 104 cm³/mol. The van der Waals surface area contributed by atoms with E-state index < -0.39 is 0 Å². The van der Waals surface area contributed by atoms with E-state index in [0.29, 0.717) is 12.2 Å². The van der Waals surface area contributed by atoms with Gasteiger partial charge in [-0.05, 0) is 54.5 Å². The molecule has 2 aliphatic heterocycles. The molecule has 2 unspecified atom stereocenters. The van der Waals surface area contributed by atoms with E-state index in [1.54, 1.807) is 0 Å². The highest BCUT2D eigenvalue weighted by Crippen LogP contribution is 2.40. The molecule has 2 atom stereocenters. The first-order valence-electron chi connectivity index (χ1n) is 9.37. The van der Waals surface area contributed by atoms with Crippen molar-refractivity contribution in [1.29, 1.82) is 5.26 Å². The zero-order valence-corrected chi connectivity index (χ0v) is 15.4. The number of nitriles is 1. The molecule has 0 aromatic heterocycles. The molecule has 0 saturated carbocycles. The van der Waals surface area contributed by atoms with E-state index in [0.717, 1.165) is 36.0 Å². The van der Waals surface area contributed by atoms with Crippen molar-refractivity contribution in [2.75, 3.05) is 0 Å². The zero-order valence-electron chi connectivity index (χ0n) is 15.4. The fourth-order valence-corrected chi connectivity index (χ4v) is 4.28. The lowest BCUT2D eigenvalue weighted by atomic mass is 9.89. The minimum Gasteiger partial charge on any atom is -0.445 e. The highest BCUT2D eigenvalue weighted by atomic mass is 16.6. The number of hydrogen-bond donors (Lipinski definition) is 0. The maximum Gasteiger partial charge on any atom is 0.410 e. The Morgan fingerprint density at radius 2 is 2.00 bits per heavy atom. The average Bonchev–Trinajstić information content (AvgIpc) is 2.96. The third-order valence-electron chi connectivity index (χ3n) is 5.53. The lowest BCUT2D eigenvalue weighted by molar-refractivity contribution is 0.0832. The topological polar surface area (TPSA) is 53.3 Å². The summed E-state index contributed by atoms with van der Waals surface area (Å²) in [5, 5.41) is 9.48. The number of amides is 1. The summed E-state index contributed by atoms with van der Waals surface area (Å²) in [7, 11) is 0. The van der Waals surface area contributed by atoms with Crippen LogP contribution in [0.3, 0.4) is 0 Å². The van der Waals surface area contributed by atoms with Crippen LogP contribution in [0.1, 0.15) is 41.5 Å². The van der Waals surface area contributed by atoms with Crippen LogP contribution in [0.2, 0.25) is 0 Å². The van der Waals surface area contributed by atoms with Crippen molar-refractivity contribution in [2.45, 2.75) is 44.9 Å². The minimum absolute atomic E-state index is 0.0492. The van der Waals surface area contributed by atoms with Crippen molar-refractivity contribution in [2.24, 2.45) is 0 Å². The Morgan fingerprint density at radius 1 is 1.19 bits per heavy atom. The Bertz CT molecular complexity index is 927. The van der Waals surface area contributed by atoms with Gasteiger partial charge in [-0.2, -0.15) is 5.26 Å². The monoisotopic (exact) mass is 358 g/mol. The lowest BCUT2D eigenvalue weighted by Gasteiger charge is -2.33. The van der Waals surface area contributed by atoms with Gasteiger partial charge in [-0.1, -0.05) is 48.5 Å². The van der Waals surface area contributed by atoms with Crippen LogP contribution in [0.25, 0.3) is 5.57 Å². The molecule has 4 heteroatoms. The Kier molecular flexibility index (Phi) is 4.68. The molecule has 0 radical (unpaired) electrons. The second-order valence-corrected chi connectivity index (χ2v) is 7.25. The minimum atomic E-state index is -0.244. The Labute approximate surface area is 159 Å². The maximum atomic E-state index is 12.7. The Morgan fingerprint density at radius 3 is 2.74 bits per heavy atom. The highest BCUT2D eigenvalue weighted by Gasteiger charge is 2.41. The van der Waals surface area contributed by atoms with Gasteiger partial charge in [0, 0.05) is 6.04 Å². The van der Waals surface area contributed by atoms with Crippen LogP contribution in [-0.2, 0) is 11.3 Å². The summed E-state index contributed by atoms with van der Waals surface area (Å²) in [6.45, 7) is 2.34. The first-order valence-corrected chi connectivity index (χ1v) is 9.37. The van der Waals surface area contributed by atoms with E-state index >= 15 is 0 Å². The molecule has 2 heterocycles. The number of fused-ring (bicyclic) bond motifs is 2. The third-order valence-corrected chi connectivity index (χ3v) is 5.53. The molecule has 4 nitrogen and oxygen atoms in total. The van der Waals surface area contributed by atoms with E-state index in [9.17, 15) is 10.1 Å². The number of nitrogens with zero attached hydrogens (tertiary/aromatic N) is 2. The molecule has 0 N–H and O–H groups in total. The summed E-state index contributed by atoms with van der Waals surface area (Å²) < 4.78 is 5.56. The molecular formula is C23H22N2O2. The molecule has 0 spiro atoms. The molecule has 136 valence electrons. The number of carbonyl (C=O) groups is 1. The molecule has 2 bridgehead atoms. The van der Waals surface area contributed by atoms with Gasteiger partial charge in [-0.3, -0.25) is 4.90 Å². The number of ether oxygens (including phenoxy) is 1. The Balaban J connectivity index is 1.53. The molecule has 0 aliphatic carbocycles. The van der Waals surface area contributed by atoms with E-state index in [1.165, 1.54) is 5.57 Å². The highest BCUT2D eigenvalue weighted by molar-refractivity contribution is 5.78. The molecule has 4 rings (SSSR count). The van der Waals surface area contributed by atoms with Gasteiger partial charge in [0.2, 0.25) is 0 Å². The zero-order chi connectivity index (χ0) is 18.8. The summed E-state index contributed by atoms with van der Waals surface area (Å²) in [5.41, 5.74) is 5.03. The van der Waals surface area contributed by atoms with Crippen LogP contribution < -0.4 is 0 Å². The predicted octanol–water partition coefficient (Wildman–Crippen LogP) is 4.82. The van der Waals surface area contributed by atoms with Crippen LogP contribution in [0, 0.1) is 18.3 Å². The first kappa shape index (κ1) is 17.4. The van der Waals surface area contributed by atoms with E-state index in [-0.39, 0.29) is 18.2 Å². The van der Waals surface area contributed by atoms with Crippen LogP contribution in [0.5, 0.6) is 0 Å². The third kappa shape index (κ3) is 3.33. The van der Waals surface area contributed by atoms with Crippen molar-refractivity contribution in [1.82, 2.24) is 4.90 Å². The quantitative estimate of drug-likeness (QED) is 0.790. The van der Waals surface area contributed by atoms with E-state index in [2.05, 4.69) is 12.1 Å². The number of carbonyl (C=O) groups excluding carboxylic acids is 1. The normalized spacial score (nSPS) is 20.7. The molecule has 2 aliphatic rings. The number of aryl methyl sites for hydroxylation is 1. The van der Waals surface area contributed by atoms with Crippen LogP contribution in [0.15, 0.2) is 54.6 Å². The van der Waals surface area contributed by atoms with Crippen molar-refractivity contribution < 1.29 is 9.53 Å². The van der Waals surface area contributed by atoms with Crippen molar-refractivity contribution in [3.63, 3.8) is 0 Å². The summed E-state index contributed by atoms with van der Waals surface area (Å²) in [6.07, 6.45) is 4.61. The summed E-state index contributed by atoms with van der Waals surface area (Å²) >= 11 is 0. The van der Waals surface area contributed by atoms with Gasteiger partial charge in [0.05, 0.1) is 17.7 Å². The second-order valence-electron chi connectivity index (χ2n) is 7.25. The molecule has 2 aromatic carbocycles. The largest absolute Gasteiger partial charge is 0.445 e. The molecule has 1 fully saturated rings. The summed E-state index contributed by atoms with van der Waals surface area (Å²) in [6, 6.07) is 18.1. The number of hydrogen-bond acceptors (Lipinski definition) is 3. The lowest BCUT2D eigenvalue weighted by Crippen LogP contribution is -2.43. The van der Waals surface area contributed by atoms with Gasteiger partial charge in [0.15, 0.2) is 0 Å². The fraction of sp³-hybridized carbons (Fsp3) is 0.304. The van der Waals surface area contributed by atoms with E-state index in [1.807, 2.05) is 60.4 Å². The van der Waals surface area contributed by atoms with Crippen LogP contribution in [0.4, 0.5) is 4.79 Å². The molecule has 2 aromatic rings. The molecule has 1 saturated heterocycles. The average molecular weight is 358 g/mol. The van der Waals surface area contributed by atoms with Gasteiger partial charge in [0.25, 0.3) is 0 Å². The second kappa shape index (κ2) is 7.28. The number of rotatable bonds is 3. The summed E-state index contributed by atoms with van der Waals surface area (Å²) in [5.74, 6) is 0. The van der Waals surface area contributed by atoms with Gasteiger partial charge in [0.1, 0.15) is 6.61 Å². The van der Waals surface area contributed by atoms with Crippen molar-refractivity contribution >= 4 is 11.7 Å². The van der Waals surface area contributed by atoms with E-state index in [4.69, 9.17) is 4.74 Å². The summed E-state index contributed by atoms with van der Waals surface area (Å²) in [4.78, 5) is 14.6. The van der Waals surface area contributed by atoms with Crippen molar-refractivity contribution in [3.8, 4) is 6.07 Å². The smallest absolute Gasteiger partial charge is 0.410 e.